The molecule has 108 valence electrons. The molecule has 0 radical (unpaired) electrons. The van der Waals surface area contributed by atoms with Gasteiger partial charge in [0.15, 0.2) is 5.82 Å². The fraction of sp³-hybridized carbons (Fsp3) is 0.529. The molecule has 3 nitrogen and oxygen atoms in total. The van der Waals surface area contributed by atoms with Crippen molar-refractivity contribution < 1.29 is 4.39 Å². The van der Waals surface area contributed by atoms with E-state index in [1.165, 1.54) is 44.6 Å². The maximum atomic E-state index is 13.6. The molecule has 3 aliphatic carbocycles. The molecule has 3 saturated carbocycles. The number of hydrogen-bond acceptors (Lipinski definition) is 2. The van der Waals surface area contributed by atoms with Crippen LogP contribution in [0.25, 0.3) is 5.69 Å². The Morgan fingerprint density at radius 2 is 1.95 bits per heavy atom. The summed E-state index contributed by atoms with van der Waals surface area (Å²) in [6.45, 7) is 0. The standard InChI is InChI=1S/C17H18FN3/c18-13-2-1-3-14(10-13)21-16(17(8-9-17)12-6-7-12)19-15(20-21)11-4-5-11/h1-3,10-12H,4-9H2. The Hall–Kier alpha value is -1.71. The highest BCUT2D eigenvalue weighted by Gasteiger charge is 2.58. The van der Waals surface area contributed by atoms with Crippen molar-refractivity contribution in [3.63, 3.8) is 0 Å². The van der Waals surface area contributed by atoms with Gasteiger partial charge >= 0.3 is 0 Å². The fourth-order valence-corrected chi connectivity index (χ4v) is 3.54. The first-order valence-electron chi connectivity index (χ1n) is 8.00. The molecule has 0 saturated heterocycles. The van der Waals surface area contributed by atoms with Gasteiger partial charge in [0.2, 0.25) is 0 Å². The van der Waals surface area contributed by atoms with Gasteiger partial charge in [-0.25, -0.2) is 14.1 Å². The summed E-state index contributed by atoms with van der Waals surface area (Å²) in [5.74, 6) is 3.17. The molecule has 0 amide bonds. The lowest BCUT2D eigenvalue weighted by molar-refractivity contribution is 0.538. The summed E-state index contributed by atoms with van der Waals surface area (Å²) in [6, 6.07) is 6.73. The summed E-state index contributed by atoms with van der Waals surface area (Å²) in [5.41, 5.74) is 1.06. The molecule has 0 spiro atoms. The first-order valence-corrected chi connectivity index (χ1v) is 8.00. The van der Waals surface area contributed by atoms with E-state index < -0.39 is 0 Å². The Morgan fingerprint density at radius 3 is 2.57 bits per heavy atom. The number of benzene rings is 1. The quantitative estimate of drug-likeness (QED) is 0.856. The van der Waals surface area contributed by atoms with E-state index in [1.807, 2.05) is 10.7 Å². The molecule has 21 heavy (non-hydrogen) atoms. The van der Waals surface area contributed by atoms with Gasteiger partial charge in [-0.3, -0.25) is 0 Å². The number of nitrogens with zero attached hydrogens (tertiary/aromatic N) is 3. The first kappa shape index (κ1) is 11.9. The number of hydrogen-bond donors (Lipinski definition) is 0. The summed E-state index contributed by atoms with van der Waals surface area (Å²) in [7, 11) is 0. The average molecular weight is 283 g/mol. The van der Waals surface area contributed by atoms with Crippen molar-refractivity contribution in [1.82, 2.24) is 14.8 Å². The van der Waals surface area contributed by atoms with Crippen LogP contribution in [0.4, 0.5) is 4.39 Å². The van der Waals surface area contributed by atoms with Gasteiger partial charge in [0.05, 0.1) is 5.69 Å². The first-order chi connectivity index (χ1) is 10.3. The lowest BCUT2D eigenvalue weighted by Gasteiger charge is -2.14. The van der Waals surface area contributed by atoms with Crippen molar-refractivity contribution in [3.8, 4) is 5.69 Å². The van der Waals surface area contributed by atoms with Crippen LogP contribution in [-0.4, -0.2) is 14.8 Å². The lowest BCUT2D eigenvalue weighted by atomic mass is 9.99. The van der Waals surface area contributed by atoms with E-state index in [0.717, 1.165) is 23.3 Å². The van der Waals surface area contributed by atoms with Crippen LogP contribution < -0.4 is 0 Å². The molecule has 0 bridgehead atoms. The van der Waals surface area contributed by atoms with Gasteiger partial charge < -0.3 is 0 Å². The van der Waals surface area contributed by atoms with E-state index in [-0.39, 0.29) is 11.2 Å². The van der Waals surface area contributed by atoms with Crippen LogP contribution >= 0.6 is 0 Å². The molecule has 0 aliphatic heterocycles. The van der Waals surface area contributed by atoms with Crippen molar-refractivity contribution in [2.45, 2.75) is 49.9 Å². The maximum absolute atomic E-state index is 13.6. The van der Waals surface area contributed by atoms with E-state index in [0.29, 0.717) is 5.92 Å². The minimum absolute atomic E-state index is 0.210. The van der Waals surface area contributed by atoms with Crippen LogP contribution in [0.1, 0.15) is 56.1 Å². The van der Waals surface area contributed by atoms with Gasteiger partial charge in [-0.15, -0.1) is 0 Å². The van der Waals surface area contributed by atoms with E-state index in [1.54, 1.807) is 12.1 Å². The summed E-state index contributed by atoms with van der Waals surface area (Å²) >= 11 is 0. The van der Waals surface area contributed by atoms with Gasteiger partial charge in [-0.05, 0) is 62.6 Å². The lowest BCUT2D eigenvalue weighted by Crippen LogP contribution is -2.17. The highest BCUT2D eigenvalue weighted by Crippen LogP contribution is 2.62. The van der Waals surface area contributed by atoms with Gasteiger partial charge in [0.1, 0.15) is 11.6 Å². The van der Waals surface area contributed by atoms with Crippen LogP contribution in [0.3, 0.4) is 0 Å². The molecule has 1 aromatic carbocycles. The predicted molar refractivity (Wildman–Crippen MR) is 76.9 cm³/mol. The minimum atomic E-state index is -0.210. The molecule has 4 heteroatoms. The molecule has 0 N–H and O–H groups in total. The largest absolute Gasteiger partial charge is 0.217 e. The van der Waals surface area contributed by atoms with Gasteiger partial charge in [0.25, 0.3) is 0 Å². The topological polar surface area (TPSA) is 30.7 Å². The number of aromatic nitrogens is 3. The van der Waals surface area contributed by atoms with E-state index in [9.17, 15) is 4.39 Å². The Bertz CT molecular complexity index is 709. The average Bonchev–Trinajstić information content (AvgIpc) is 3.34. The SMILES string of the molecule is Fc1cccc(-n2nc(C3CC3)nc2C2(C3CC3)CC2)c1. The van der Waals surface area contributed by atoms with E-state index in [4.69, 9.17) is 10.1 Å². The Balaban J connectivity index is 1.65. The second-order valence-electron chi connectivity index (χ2n) is 6.89. The highest BCUT2D eigenvalue weighted by atomic mass is 19.1. The number of rotatable bonds is 4. The van der Waals surface area contributed by atoms with Crippen LogP contribution in [0.15, 0.2) is 24.3 Å². The van der Waals surface area contributed by atoms with E-state index >= 15 is 0 Å². The zero-order valence-electron chi connectivity index (χ0n) is 11.9. The summed E-state index contributed by atoms with van der Waals surface area (Å²) < 4.78 is 15.5. The molecule has 0 atom stereocenters. The Labute approximate surface area is 123 Å². The molecular formula is C17H18FN3. The maximum Gasteiger partial charge on any atom is 0.154 e. The van der Waals surface area contributed by atoms with Crippen molar-refractivity contribution in [3.05, 3.63) is 41.7 Å². The van der Waals surface area contributed by atoms with Crippen molar-refractivity contribution in [2.75, 3.05) is 0 Å². The molecule has 5 rings (SSSR count). The molecule has 0 unspecified atom stereocenters. The summed E-state index contributed by atoms with van der Waals surface area (Å²) in [6.07, 6.45) is 7.46. The van der Waals surface area contributed by atoms with Gasteiger partial charge in [-0.1, -0.05) is 6.07 Å². The van der Waals surface area contributed by atoms with Crippen LogP contribution in [0, 0.1) is 11.7 Å². The molecule has 1 heterocycles. The van der Waals surface area contributed by atoms with Gasteiger partial charge in [0, 0.05) is 11.3 Å². The number of halogens is 1. The minimum Gasteiger partial charge on any atom is -0.217 e. The van der Waals surface area contributed by atoms with Crippen molar-refractivity contribution >= 4 is 0 Å². The highest BCUT2D eigenvalue weighted by molar-refractivity contribution is 5.37. The second-order valence-corrected chi connectivity index (χ2v) is 6.89. The van der Waals surface area contributed by atoms with E-state index in [2.05, 4.69) is 0 Å². The molecule has 1 aromatic heterocycles. The third-order valence-electron chi connectivity index (χ3n) is 5.21. The fourth-order valence-electron chi connectivity index (χ4n) is 3.54. The molecule has 2 aromatic rings. The van der Waals surface area contributed by atoms with Crippen molar-refractivity contribution in [2.24, 2.45) is 5.92 Å². The normalized spacial score (nSPS) is 23.3. The van der Waals surface area contributed by atoms with Crippen molar-refractivity contribution in [1.29, 1.82) is 0 Å². The van der Waals surface area contributed by atoms with Crippen LogP contribution in [0.5, 0.6) is 0 Å². The molecule has 3 aliphatic rings. The predicted octanol–water partition coefficient (Wildman–Crippen LogP) is 3.73. The van der Waals surface area contributed by atoms with Crippen LogP contribution in [0.2, 0.25) is 0 Å². The summed E-state index contributed by atoms with van der Waals surface area (Å²) in [5, 5.41) is 4.74. The Kier molecular flexibility index (Phi) is 2.23. The summed E-state index contributed by atoms with van der Waals surface area (Å²) in [4.78, 5) is 4.90. The third kappa shape index (κ3) is 1.84. The Morgan fingerprint density at radius 1 is 1.14 bits per heavy atom. The zero-order chi connectivity index (χ0) is 14.0. The van der Waals surface area contributed by atoms with Gasteiger partial charge in [-0.2, -0.15) is 5.10 Å². The molecule has 3 fully saturated rings. The van der Waals surface area contributed by atoms with Crippen LogP contribution in [-0.2, 0) is 5.41 Å². The third-order valence-corrected chi connectivity index (χ3v) is 5.21. The monoisotopic (exact) mass is 283 g/mol. The second kappa shape index (κ2) is 3.93. The molecular weight excluding hydrogens is 265 g/mol. The zero-order valence-corrected chi connectivity index (χ0v) is 11.9. The smallest absolute Gasteiger partial charge is 0.154 e.